The van der Waals surface area contributed by atoms with E-state index in [0.29, 0.717) is 16.4 Å². The Bertz CT molecular complexity index is 1240. The SMILES string of the molecule is Cc1onc(-c2ccccc2)c1COc1ccc(C(=O)N(CC(F)(F)F)c2ccccc2)cn1. The number of halogens is 3. The van der Waals surface area contributed by atoms with Gasteiger partial charge < -0.3 is 9.26 Å². The fourth-order valence-electron chi connectivity index (χ4n) is 3.35. The highest BCUT2D eigenvalue weighted by Gasteiger charge is 2.34. The van der Waals surface area contributed by atoms with Gasteiger partial charge in [-0.1, -0.05) is 53.7 Å². The number of pyridine rings is 1. The number of anilines is 1. The summed E-state index contributed by atoms with van der Waals surface area (Å²) in [6, 6.07) is 20.0. The van der Waals surface area contributed by atoms with E-state index in [1.807, 2.05) is 30.3 Å². The highest BCUT2D eigenvalue weighted by Crippen LogP contribution is 2.27. The van der Waals surface area contributed by atoms with Crippen molar-refractivity contribution in [3.8, 4) is 17.1 Å². The minimum Gasteiger partial charge on any atom is -0.473 e. The van der Waals surface area contributed by atoms with Gasteiger partial charge in [0.05, 0.1) is 11.1 Å². The lowest BCUT2D eigenvalue weighted by atomic mass is 10.1. The van der Waals surface area contributed by atoms with E-state index in [2.05, 4.69) is 10.1 Å². The highest BCUT2D eigenvalue weighted by molar-refractivity contribution is 6.06. The number of aryl methyl sites for hydroxylation is 1. The van der Waals surface area contributed by atoms with Crippen LogP contribution in [-0.2, 0) is 6.61 Å². The normalized spacial score (nSPS) is 11.3. The van der Waals surface area contributed by atoms with Gasteiger partial charge in [0.1, 0.15) is 24.6 Å². The molecule has 0 aliphatic heterocycles. The molecule has 0 fully saturated rings. The van der Waals surface area contributed by atoms with Crippen molar-refractivity contribution in [2.45, 2.75) is 19.7 Å². The number of aromatic nitrogens is 2. The first-order chi connectivity index (χ1) is 16.3. The zero-order chi connectivity index (χ0) is 24.1. The summed E-state index contributed by atoms with van der Waals surface area (Å²) in [5.74, 6) is -0.0154. The molecule has 2 aromatic carbocycles. The Morgan fingerprint density at radius 3 is 2.29 bits per heavy atom. The second-order valence-corrected chi connectivity index (χ2v) is 7.45. The van der Waals surface area contributed by atoms with E-state index in [9.17, 15) is 18.0 Å². The van der Waals surface area contributed by atoms with E-state index in [0.717, 1.165) is 11.1 Å². The number of carbonyl (C=O) groups excluding carboxylic acids is 1. The predicted molar refractivity (Wildman–Crippen MR) is 119 cm³/mol. The molecule has 0 aliphatic carbocycles. The number of para-hydroxylation sites is 1. The molecule has 0 atom stereocenters. The molecule has 0 radical (unpaired) electrons. The Kier molecular flexibility index (Phi) is 6.62. The van der Waals surface area contributed by atoms with Crippen LogP contribution >= 0.6 is 0 Å². The third-order valence-electron chi connectivity index (χ3n) is 5.03. The number of carbonyl (C=O) groups is 1. The second kappa shape index (κ2) is 9.78. The molecule has 4 rings (SSSR count). The third kappa shape index (κ3) is 5.43. The van der Waals surface area contributed by atoms with Gasteiger partial charge >= 0.3 is 6.18 Å². The zero-order valence-electron chi connectivity index (χ0n) is 18.1. The molecular formula is C25H20F3N3O3. The van der Waals surface area contributed by atoms with Gasteiger partial charge in [-0.15, -0.1) is 0 Å². The van der Waals surface area contributed by atoms with Gasteiger partial charge in [-0.05, 0) is 25.1 Å². The summed E-state index contributed by atoms with van der Waals surface area (Å²) in [4.78, 5) is 17.6. The van der Waals surface area contributed by atoms with Gasteiger partial charge in [-0.3, -0.25) is 9.69 Å². The van der Waals surface area contributed by atoms with Crippen molar-refractivity contribution < 1.29 is 27.2 Å². The van der Waals surface area contributed by atoms with E-state index >= 15 is 0 Å². The summed E-state index contributed by atoms with van der Waals surface area (Å²) >= 11 is 0. The molecule has 34 heavy (non-hydrogen) atoms. The summed E-state index contributed by atoms with van der Waals surface area (Å²) in [6.07, 6.45) is -3.36. The molecule has 0 aliphatic rings. The number of ether oxygens (including phenoxy) is 1. The highest BCUT2D eigenvalue weighted by atomic mass is 19.4. The lowest BCUT2D eigenvalue weighted by molar-refractivity contribution is -0.118. The first-order valence-corrected chi connectivity index (χ1v) is 10.3. The van der Waals surface area contributed by atoms with E-state index in [-0.39, 0.29) is 23.7 Å². The lowest BCUT2D eigenvalue weighted by Crippen LogP contribution is -2.39. The molecule has 0 bridgehead atoms. The molecular weight excluding hydrogens is 447 g/mol. The van der Waals surface area contributed by atoms with Crippen LogP contribution < -0.4 is 9.64 Å². The van der Waals surface area contributed by atoms with Gasteiger partial charge in [0.2, 0.25) is 5.88 Å². The molecule has 9 heteroatoms. The molecule has 2 heterocycles. The van der Waals surface area contributed by atoms with Gasteiger partial charge in [0.15, 0.2) is 0 Å². The molecule has 0 saturated heterocycles. The number of rotatable bonds is 7. The molecule has 0 saturated carbocycles. The van der Waals surface area contributed by atoms with E-state index in [1.165, 1.54) is 30.5 Å². The average molecular weight is 467 g/mol. The number of nitrogens with zero attached hydrogens (tertiary/aromatic N) is 3. The van der Waals surface area contributed by atoms with Crippen molar-refractivity contribution in [1.82, 2.24) is 10.1 Å². The minimum atomic E-state index is -4.56. The van der Waals surface area contributed by atoms with Crippen LogP contribution in [0.2, 0.25) is 0 Å². The van der Waals surface area contributed by atoms with Crippen LogP contribution in [0.25, 0.3) is 11.3 Å². The van der Waals surface area contributed by atoms with E-state index in [4.69, 9.17) is 9.26 Å². The van der Waals surface area contributed by atoms with Crippen LogP contribution in [0.1, 0.15) is 21.7 Å². The zero-order valence-corrected chi connectivity index (χ0v) is 18.1. The first-order valence-electron chi connectivity index (χ1n) is 10.3. The van der Waals surface area contributed by atoms with E-state index < -0.39 is 18.6 Å². The average Bonchev–Trinajstić information content (AvgIpc) is 3.22. The number of amides is 1. The molecule has 1 amide bonds. The van der Waals surface area contributed by atoms with E-state index in [1.54, 1.807) is 25.1 Å². The maximum Gasteiger partial charge on any atom is 0.406 e. The largest absolute Gasteiger partial charge is 0.473 e. The van der Waals surface area contributed by atoms with Gasteiger partial charge in [-0.25, -0.2) is 4.98 Å². The fourth-order valence-corrected chi connectivity index (χ4v) is 3.35. The Morgan fingerprint density at radius 2 is 1.68 bits per heavy atom. The number of benzene rings is 2. The van der Waals surface area contributed by atoms with Crippen molar-refractivity contribution in [3.05, 3.63) is 95.9 Å². The monoisotopic (exact) mass is 467 g/mol. The smallest absolute Gasteiger partial charge is 0.406 e. The maximum absolute atomic E-state index is 13.1. The molecule has 0 unspecified atom stereocenters. The van der Waals surface area contributed by atoms with Crippen molar-refractivity contribution >= 4 is 11.6 Å². The van der Waals surface area contributed by atoms with Crippen molar-refractivity contribution in [3.63, 3.8) is 0 Å². The van der Waals surface area contributed by atoms with Gasteiger partial charge in [0, 0.05) is 23.5 Å². The molecule has 2 aromatic heterocycles. The predicted octanol–water partition coefficient (Wildman–Crippen LogP) is 5.83. The van der Waals surface area contributed by atoms with Crippen LogP contribution in [-0.4, -0.2) is 28.8 Å². The Labute approximate surface area is 193 Å². The molecule has 6 nitrogen and oxygen atoms in total. The van der Waals surface area contributed by atoms with Crippen LogP contribution in [0.5, 0.6) is 5.88 Å². The van der Waals surface area contributed by atoms with Crippen LogP contribution in [0, 0.1) is 6.92 Å². The van der Waals surface area contributed by atoms with Crippen molar-refractivity contribution in [1.29, 1.82) is 0 Å². The van der Waals surface area contributed by atoms with Gasteiger partial charge in [-0.2, -0.15) is 13.2 Å². The molecule has 0 spiro atoms. The summed E-state index contributed by atoms with van der Waals surface area (Å²) in [7, 11) is 0. The van der Waals surface area contributed by atoms with Crippen LogP contribution in [0.15, 0.2) is 83.5 Å². The minimum absolute atomic E-state index is 0.00610. The Morgan fingerprint density at radius 1 is 1.00 bits per heavy atom. The Balaban J connectivity index is 1.49. The molecule has 4 aromatic rings. The van der Waals surface area contributed by atoms with Crippen molar-refractivity contribution in [2.75, 3.05) is 11.4 Å². The fraction of sp³-hybridized carbons (Fsp3) is 0.160. The van der Waals surface area contributed by atoms with Crippen LogP contribution in [0.3, 0.4) is 0 Å². The molecule has 0 N–H and O–H groups in total. The summed E-state index contributed by atoms with van der Waals surface area (Å²) in [6.45, 7) is 0.472. The Hall–Kier alpha value is -4.14. The number of alkyl halides is 3. The summed E-state index contributed by atoms with van der Waals surface area (Å²) in [5, 5.41) is 4.10. The van der Waals surface area contributed by atoms with Crippen molar-refractivity contribution in [2.24, 2.45) is 0 Å². The topological polar surface area (TPSA) is 68.5 Å². The standard InChI is InChI=1S/C25H20F3N3O3/c1-17-21(23(30-34-17)18-8-4-2-5-9-18)15-33-22-13-12-19(14-29-22)24(32)31(16-25(26,27)28)20-10-6-3-7-11-20/h2-14H,15-16H2,1H3. The first kappa shape index (κ1) is 23.0. The van der Waals surface area contributed by atoms with Crippen LogP contribution in [0.4, 0.5) is 18.9 Å². The second-order valence-electron chi connectivity index (χ2n) is 7.45. The summed E-state index contributed by atoms with van der Waals surface area (Å²) in [5.41, 5.74) is 2.41. The third-order valence-corrected chi connectivity index (χ3v) is 5.03. The maximum atomic E-state index is 13.1. The number of hydrogen-bond acceptors (Lipinski definition) is 5. The molecule has 174 valence electrons. The number of hydrogen-bond donors (Lipinski definition) is 0. The van der Waals surface area contributed by atoms with Gasteiger partial charge in [0.25, 0.3) is 5.91 Å². The quantitative estimate of drug-likeness (QED) is 0.342. The summed E-state index contributed by atoms with van der Waals surface area (Å²) < 4.78 is 50.4. The lowest BCUT2D eigenvalue weighted by Gasteiger charge is -2.24.